The molecular formula is C20H16N4O2. The number of carbonyl (C=O) groups is 1. The van der Waals surface area contributed by atoms with Gasteiger partial charge in [-0.1, -0.05) is 30.3 Å². The first kappa shape index (κ1) is 15.8. The maximum absolute atomic E-state index is 12.4. The summed E-state index contributed by atoms with van der Waals surface area (Å²) in [7, 11) is 0. The lowest BCUT2D eigenvalue weighted by molar-refractivity contribution is 0.0463. The van der Waals surface area contributed by atoms with Crippen LogP contribution in [-0.2, 0) is 11.3 Å². The molecule has 0 aliphatic heterocycles. The Bertz CT molecular complexity index is 990. The minimum absolute atomic E-state index is 0.193. The van der Waals surface area contributed by atoms with E-state index in [1.807, 2.05) is 66.9 Å². The zero-order valence-electron chi connectivity index (χ0n) is 13.9. The Morgan fingerprint density at radius 2 is 1.77 bits per heavy atom. The van der Waals surface area contributed by atoms with Crippen molar-refractivity contribution in [3.63, 3.8) is 0 Å². The molecule has 0 aliphatic carbocycles. The normalized spacial score (nSPS) is 10.6. The van der Waals surface area contributed by atoms with E-state index in [4.69, 9.17) is 4.74 Å². The fourth-order valence-corrected chi connectivity index (χ4v) is 2.63. The predicted octanol–water partition coefficient (Wildman–Crippen LogP) is 3.42. The Kier molecular flexibility index (Phi) is 4.30. The van der Waals surface area contributed by atoms with Crippen LogP contribution in [0.15, 0.2) is 85.6 Å². The van der Waals surface area contributed by atoms with Crippen LogP contribution in [0.25, 0.3) is 11.4 Å². The molecule has 0 amide bonds. The number of hydrogen-bond acceptors (Lipinski definition) is 4. The van der Waals surface area contributed by atoms with Crippen LogP contribution < -0.4 is 0 Å². The first-order chi connectivity index (χ1) is 12.8. The maximum atomic E-state index is 12.4. The molecule has 2 aromatic heterocycles. The lowest BCUT2D eigenvalue weighted by atomic mass is 10.2. The third-order valence-electron chi connectivity index (χ3n) is 3.96. The number of hydrogen-bond donors (Lipinski definition) is 0. The van der Waals surface area contributed by atoms with E-state index < -0.39 is 5.97 Å². The Morgan fingerprint density at radius 1 is 0.962 bits per heavy atom. The monoisotopic (exact) mass is 344 g/mol. The van der Waals surface area contributed by atoms with E-state index in [1.165, 1.54) is 6.20 Å². The van der Waals surface area contributed by atoms with Gasteiger partial charge in [-0.15, -0.1) is 0 Å². The fraction of sp³-hybridized carbons (Fsp3) is 0.0500. The molecule has 0 fully saturated rings. The standard InChI is InChI=1S/C20H16N4O2/c25-20(19-13-21-15-23(19)17-5-2-1-3-6-17)26-14-16-7-9-18(10-8-16)24-12-4-11-22-24/h1-13,15H,14H2. The van der Waals surface area contributed by atoms with E-state index in [0.29, 0.717) is 5.69 Å². The summed E-state index contributed by atoms with van der Waals surface area (Å²) in [4.78, 5) is 16.5. The number of ether oxygens (including phenoxy) is 1. The summed E-state index contributed by atoms with van der Waals surface area (Å²) < 4.78 is 8.93. The molecule has 6 nitrogen and oxygen atoms in total. The van der Waals surface area contributed by atoms with Crippen molar-refractivity contribution in [2.24, 2.45) is 0 Å². The summed E-state index contributed by atoms with van der Waals surface area (Å²) in [6.07, 6.45) is 6.71. The van der Waals surface area contributed by atoms with Crippen LogP contribution >= 0.6 is 0 Å². The van der Waals surface area contributed by atoms with Crippen molar-refractivity contribution in [2.75, 3.05) is 0 Å². The van der Waals surface area contributed by atoms with Gasteiger partial charge in [0.2, 0.25) is 0 Å². The highest BCUT2D eigenvalue weighted by Gasteiger charge is 2.14. The van der Waals surface area contributed by atoms with Crippen molar-refractivity contribution in [1.29, 1.82) is 0 Å². The summed E-state index contributed by atoms with van der Waals surface area (Å²) >= 11 is 0. The average molecular weight is 344 g/mol. The van der Waals surface area contributed by atoms with E-state index in [9.17, 15) is 4.79 Å². The molecule has 0 atom stereocenters. The highest BCUT2D eigenvalue weighted by Crippen LogP contribution is 2.14. The van der Waals surface area contributed by atoms with Gasteiger partial charge in [-0.25, -0.2) is 14.5 Å². The highest BCUT2D eigenvalue weighted by atomic mass is 16.5. The van der Waals surface area contributed by atoms with Crippen LogP contribution in [0.3, 0.4) is 0 Å². The van der Waals surface area contributed by atoms with Gasteiger partial charge in [0.25, 0.3) is 0 Å². The molecular weight excluding hydrogens is 328 g/mol. The van der Waals surface area contributed by atoms with Crippen LogP contribution in [0, 0.1) is 0 Å². The molecule has 0 unspecified atom stereocenters. The minimum Gasteiger partial charge on any atom is -0.456 e. The Hall–Kier alpha value is -3.67. The number of rotatable bonds is 5. The number of aromatic nitrogens is 4. The Labute approximate surface area is 150 Å². The van der Waals surface area contributed by atoms with Crippen molar-refractivity contribution >= 4 is 5.97 Å². The fourth-order valence-electron chi connectivity index (χ4n) is 2.63. The van der Waals surface area contributed by atoms with E-state index in [2.05, 4.69) is 10.1 Å². The quantitative estimate of drug-likeness (QED) is 0.521. The zero-order chi connectivity index (χ0) is 17.8. The number of para-hydroxylation sites is 1. The second-order valence-corrected chi connectivity index (χ2v) is 5.68. The number of imidazole rings is 1. The van der Waals surface area contributed by atoms with E-state index in [0.717, 1.165) is 16.9 Å². The largest absolute Gasteiger partial charge is 0.456 e. The number of benzene rings is 2. The molecule has 6 heteroatoms. The SMILES string of the molecule is O=C(OCc1ccc(-n2cccn2)cc1)c1cncn1-c1ccccc1. The van der Waals surface area contributed by atoms with E-state index in [-0.39, 0.29) is 6.61 Å². The summed E-state index contributed by atoms with van der Waals surface area (Å²) in [6.45, 7) is 0.193. The summed E-state index contributed by atoms with van der Waals surface area (Å²) in [5.41, 5.74) is 3.11. The van der Waals surface area contributed by atoms with Gasteiger partial charge in [-0.2, -0.15) is 5.10 Å². The van der Waals surface area contributed by atoms with Gasteiger partial charge in [0.05, 0.1) is 18.2 Å². The van der Waals surface area contributed by atoms with Crippen LogP contribution in [0.1, 0.15) is 16.1 Å². The molecule has 0 spiro atoms. The van der Waals surface area contributed by atoms with Crippen LogP contribution in [0.4, 0.5) is 0 Å². The van der Waals surface area contributed by atoms with Crippen LogP contribution in [0.5, 0.6) is 0 Å². The number of esters is 1. The Morgan fingerprint density at radius 3 is 2.50 bits per heavy atom. The lowest BCUT2D eigenvalue weighted by Gasteiger charge is -2.09. The second-order valence-electron chi connectivity index (χ2n) is 5.68. The highest BCUT2D eigenvalue weighted by molar-refractivity contribution is 5.88. The summed E-state index contributed by atoms with van der Waals surface area (Å²) in [6, 6.07) is 19.1. The molecule has 2 aromatic carbocycles. The van der Waals surface area contributed by atoms with E-state index >= 15 is 0 Å². The van der Waals surface area contributed by atoms with Gasteiger partial charge < -0.3 is 4.74 Å². The second kappa shape index (κ2) is 7.06. The Balaban J connectivity index is 1.44. The molecule has 4 aromatic rings. The van der Waals surface area contributed by atoms with Gasteiger partial charge in [0.15, 0.2) is 5.69 Å². The number of nitrogens with zero attached hydrogens (tertiary/aromatic N) is 4. The molecule has 0 saturated heterocycles. The average Bonchev–Trinajstić information content (AvgIpc) is 3.39. The van der Waals surface area contributed by atoms with Gasteiger partial charge in [0, 0.05) is 18.1 Å². The topological polar surface area (TPSA) is 61.9 Å². The summed E-state index contributed by atoms with van der Waals surface area (Å²) in [5, 5.41) is 4.18. The summed E-state index contributed by atoms with van der Waals surface area (Å²) in [5.74, 6) is -0.414. The zero-order valence-corrected chi connectivity index (χ0v) is 13.9. The van der Waals surface area contributed by atoms with Crippen molar-refractivity contribution in [3.05, 3.63) is 96.8 Å². The third kappa shape index (κ3) is 3.25. The molecule has 4 rings (SSSR count). The molecule has 26 heavy (non-hydrogen) atoms. The van der Waals surface area contributed by atoms with Gasteiger partial charge in [-0.05, 0) is 35.9 Å². The minimum atomic E-state index is -0.414. The molecule has 2 heterocycles. The lowest BCUT2D eigenvalue weighted by Crippen LogP contribution is -2.10. The maximum Gasteiger partial charge on any atom is 0.357 e. The molecule has 0 bridgehead atoms. The van der Waals surface area contributed by atoms with Crippen LogP contribution in [0.2, 0.25) is 0 Å². The van der Waals surface area contributed by atoms with Gasteiger partial charge in [-0.3, -0.25) is 4.57 Å². The third-order valence-corrected chi connectivity index (χ3v) is 3.96. The first-order valence-corrected chi connectivity index (χ1v) is 8.15. The molecule has 0 N–H and O–H groups in total. The predicted molar refractivity (Wildman–Crippen MR) is 96.2 cm³/mol. The molecule has 0 saturated carbocycles. The molecule has 128 valence electrons. The molecule has 0 radical (unpaired) electrons. The van der Waals surface area contributed by atoms with Crippen molar-refractivity contribution < 1.29 is 9.53 Å². The smallest absolute Gasteiger partial charge is 0.357 e. The van der Waals surface area contributed by atoms with Gasteiger partial charge >= 0.3 is 5.97 Å². The van der Waals surface area contributed by atoms with Crippen LogP contribution in [-0.4, -0.2) is 25.3 Å². The van der Waals surface area contributed by atoms with E-state index in [1.54, 1.807) is 21.8 Å². The molecule has 0 aliphatic rings. The van der Waals surface area contributed by atoms with Crippen molar-refractivity contribution in [3.8, 4) is 11.4 Å². The first-order valence-electron chi connectivity index (χ1n) is 8.15. The van der Waals surface area contributed by atoms with Gasteiger partial charge in [0.1, 0.15) is 6.61 Å². The van der Waals surface area contributed by atoms with Crippen molar-refractivity contribution in [1.82, 2.24) is 19.3 Å². The van der Waals surface area contributed by atoms with Crippen molar-refractivity contribution in [2.45, 2.75) is 6.61 Å². The number of carbonyl (C=O) groups excluding carboxylic acids is 1.